The van der Waals surface area contributed by atoms with Crippen molar-refractivity contribution in [1.82, 2.24) is 4.98 Å². The summed E-state index contributed by atoms with van der Waals surface area (Å²) in [5.41, 5.74) is 0.925. The summed E-state index contributed by atoms with van der Waals surface area (Å²) in [6, 6.07) is 8.10. The second-order valence-corrected chi connectivity index (χ2v) is 6.18. The molecule has 3 rings (SSSR count). The number of hydrogen-bond acceptors (Lipinski definition) is 7. The fourth-order valence-electron chi connectivity index (χ4n) is 2.13. The van der Waals surface area contributed by atoms with Crippen LogP contribution in [0, 0.1) is 5.21 Å². The molecule has 1 amide bonds. The minimum absolute atomic E-state index is 0.188. The minimum atomic E-state index is -0.689. The molecule has 0 spiro atoms. The Labute approximate surface area is 152 Å². The van der Waals surface area contributed by atoms with Gasteiger partial charge in [-0.25, -0.2) is 9.78 Å². The number of benzene rings is 1. The Hall–Kier alpha value is -3.20. The van der Waals surface area contributed by atoms with Gasteiger partial charge in [-0.15, -0.1) is 0 Å². The highest BCUT2D eigenvalue weighted by atomic mass is 32.1. The highest BCUT2D eigenvalue weighted by Gasteiger charge is 2.13. The van der Waals surface area contributed by atoms with Gasteiger partial charge in [-0.2, -0.15) is 4.73 Å². The van der Waals surface area contributed by atoms with Crippen molar-refractivity contribution in [1.29, 1.82) is 0 Å². The Morgan fingerprint density at radius 3 is 2.77 bits per heavy atom. The molecule has 1 N–H and O–H groups in total. The van der Waals surface area contributed by atoms with Crippen molar-refractivity contribution in [3.05, 3.63) is 53.5 Å². The molecule has 0 unspecified atom stereocenters. The zero-order valence-corrected chi connectivity index (χ0v) is 14.6. The van der Waals surface area contributed by atoms with E-state index in [1.807, 2.05) is 25.1 Å². The van der Waals surface area contributed by atoms with E-state index in [-0.39, 0.29) is 5.56 Å². The van der Waals surface area contributed by atoms with E-state index in [0.29, 0.717) is 16.5 Å². The van der Waals surface area contributed by atoms with Crippen LogP contribution in [-0.2, 0) is 9.53 Å². The largest absolute Gasteiger partial charge is 0.619 e. The van der Waals surface area contributed by atoms with Crippen molar-refractivity contribution in [2.24, 2.45) is 0 Å². The Morgan fingerprint density at radius 1 is 1.27 bits per heavy atom. The number of anilines is 1. The van der Waals surface area contributed by atoms with Gasteiger partial charge in [-0.1, -0.05) is 11.3 Å². The van der Waals surface area contributed by atoms with Crippen LogP contribution in [0.3, 0.4) is 0 Å². The molecule has 2 aromatic heterocycles. The van der Waals surface area contributed by atoms with E-state index in [1.165, 1.54) is 35.9 Å². The van der Waals surface area contributed by atoms with Gasteiger partial charge in [-0.3, -0.25) is 10.1 Å². The van der Waals surface area contributed by atoms with Crippen molar-refractivity contribution in [2.75, 3.05) is 18.5 Å². The third-order valence-electron chi connectivity index (χ3n) is 3.29. The lowest BCUT2D eigenvalue weighted by Crippen LogP contribution is -2.25. The number of ether oxygens (including phenoxy) is 2. The first-order valence-electron chi connectivity index (χ1n) is 7.74. The summed E-state index contributed by atoms with van der Waals surface area (Å²) in [7, 11) is 0. The van der Waals surface area contributed by atoms with E-state index in [1.54, 1.807) is 0 Å². The van der Waals surface area contributed by atoms with Crippen LogP contribution in [0.2, 0.25) is 0 Å². The fourth-order valence-corrected chi connectivity index (χ4v) is 3.04. The summed E-state index contributed by atoms with van der Waals surface area (Å²) in [6.07, 6.45) is 2.35. The lowest BCUT2D eigenvalue weighted by molar-refractivity contribution is -0.605. The molecule has 134 valence electrons. The zero-order chi connectivity index (χ0) is 18.5. The highest BCUT2D eigenvalue weighted by molar-refractivity contribution is 7.22. The number of esters is 1. The number of fused-ring (bicyclic) bond motifs is 1. The lowest BCUT2D eigenvalue weighted by atomic mass is 10.3. The predicted octanol–water partition coefficient (Wildman–Crippen LogP) is 2.12. The molecule has 0 aliphatic carbocycles. The van der Waals surface area contributed by atoms with Gasteiger partial charge in [0.25, 0.3) is 5.91 Å². The van der Waals surface area contributed by atoms with E-state index >= 15 is 0 Å². The second-order valence-electron chi connectivity index (χ2n) is 5.15. The molecule has 26 heavy (non-hydrogen) atoms. The normalized spacial score (nSPS) is 10.5. The van der Waals surface area contributed by atoms with Crippen LogP contribution >= 0.6 is 11.3 Å². The Bertz CT molecular complexity index is 939. The number of nitrogens with zero attached hydrogens (tertiary/aromatic N) is 2. The summed E-state index contributed by atoms with van der Waals surface area (Å²) in [4.78, 5) is 28.1. The number of nitrogens with one attached hydrogen (secondary N) is 1. The predicted molar refractivity (Wildman–Crippen MR) is 95.1 cm³/mol. The number of hydrogen-bond donors (Lipinski definition) is 1. The quantitative estimate of drug-likeness (QED) is 0.403. The molecule has 0 radical (unpaired) electrons. The van der Waals surface area contributed by atoms with Crippen LogP contribution in [0.15, 0.2) is 42.7 Å². The standard InChI is InChI=1S/C17H15N3O5S/c1-2-24-12-3-4-13-14(9-12)26-17(18-13)19-15(21)10-25-16(22)11-5-7-20(23)8-6-11/h3-9H,2,10H2,1H3,(H,18,19,21). The molecule has 0 aliphatic heterocycles. The lowest BCUT2D eigenvalue weighted by Gasteiger charge is -2.04. The molecule has 2 heterocycles. The van der Waals surface area contributed by atoms with Crippen LogP contribution in [0.5, 0.6) is 5.75 Å². The number of carbonyl (C=O) groups excluding carboxylic acids is 2. The van der Waals surface area contributed by atoms with E-state index in [2.05, 4.69) is 10.3 Å². The van der Waals surface area contributed by atoms with E-state index in [4.69, 9.17) is 9.47 Å². The van der Waals surface area contributed by atoms with Gasteiger partial charge in [0.2, 0.25) is 0 Å². The van der Waals surface area contributed by atoms with E-state index in [9.17, 15) is 14.8 Å². The fraction of sp³-hybridized carbons (Fsp3) is 0.176. The second kappa shape index (κ2) is 7.79. The molecule has 8 nitrogen and oxygen atoms in total. The van der Waals surface area contributed by atoms with Crippen molar-refractivity contribution >= 4 is 38.6 Å². The summed E-state index contributed by atoms with van der Waals surface area (Å²) in [5, 5.41) is 13.9. The zero-order valence-electron chi connectivity index (χ0n) is 13.8. The van der Waals surface area contributed by atoms with Gasteiger partial charge < -0.3 is 14.7 Å². The van der Waals surface area contributed by atoms with Gasteiger partial charge in [-0.05, 0) is 25.1 Å². The summed E-state index contributed by atoms with van der Waals surface area (Å²) in [6.45, 7) is 2.01. The number of carbonyl (C=O) groups is 2. The average Bonchev–Trinajstić information content (AvgIpc) is 3.02. The van der Waals surface area contributed by atoms with E-state index in [0.717, 1.165) is 16.0 Å². The first-order valence-corrected chi connectivity index (χ1v) is 8.56. The van der Waals surface area contributed by atoms with Gasteiger partial charge in [0.15, 0.2) is 24.1 Å². The topological polar surface area (TPSA) is 104 Å². The molecule has 0 bridgehead atoms. The van der Waals surface area contributed by atoms with Crippen molar-refractivity contribution in [2.45, 2.75) is 6.92 Å². The van der Waals surface area contributed by atoms with Crippen LogP contribution in [-0.4, -0.2) is 30.1 Å². The molecule has 0 atom stereocenters. The van der Waals surface area contributed by atoms with Crippen LogP contribution in [0.4, 0.5) is 5.13 Å². The summed E-state index contributed by atoms with van der Waals surface area (Å²) >= 11 is 1.30. The molecule has 0 saturated heterocycles. The molecular formula is C17H15N3O5S. The first-order chi connectivity index (χ1) is 12.5. The SMILES string of the molecule is CCOc1ccc2nc(NC(=O)COC(=O)c3cc[n+]([O-])cc3)sc2c1. The third kappa shape index (κ3) is 4.25. The highest BCUT2D eigenvalue weighted by Crippen LogP contribution is 2.29. The van der Waals surface area contributed by atoms with Crippen molar-refractivity contribution < 1.29 is 23.8 Å². The van der Waals surface area contributed by atoms with Crippen LogP contribution in [0.1, 0.15) is 17.3 Å². The maximum atomic E-state index is 11.9. The molecular weight excluding hydrogens is 358 g/mol. The molecule has 1 aromatic carbocycles. The van der Waals surface area contributed by atoms with E-state index < -0.39 is 18.5 Å². The van der Waals surface area contributed by atoms with Gasteiger partial charge >= 0.3 is 5.97 Å². The third-order valence-corrected chi connectivity index (χ3v) is 4.22. The molecule has 9 heteroatoms. The van der Waals surface area contributed by atoms with Crippen LogP contribution in [0.25, 0.3) is 10.2 Å². The summed E-state index contributed by atoms with van der Waals surface area (Å²) < 4.78 is 11.8. The first kappa shape index (κ1) is 17.6. The average molecular weight is 373 g/mol. The maximum Gasteiger partial charge on any atom is 0.339 e. The Morgan fingerprint density at radius 2 is 2.04 bits per heavy atom. The van der Waals surface area contributed by atoms with Gasteiger partial charge in [0.05, 0.1) is 22.4 Å². The number of pyridine rings is 1. The smallest absolute Gasteiger partial charge is 0.339 e. The molecule has 3 aromatic rings. The number of thiazole rings is 1. The monoisotopic (exact) mass is 373 g/mol. The molecule has 0 fully saturated rings. The van der Waals surface area contributed by atoms with Gasteiger partial charge in [0, 0.05) is 12.1 Å². The van der Waals surface area contributed by atoms with Crippen molar-refractivity contribution in [3.8, 4) is 5.75 Å². The Kier molecular flexibility index (Phi) is 5.28. The van der Waals surface area contributed by atoms with Gasteiger partial charge in [0.1, 0.15) is 5.75 Å². The molecule has 0 saturated carbocycles. The number of aromatic nitrogens is 2. The maximum absolute atomic E-state index is 11.9. The Balaban J connectivity index is 1.58. The number of amides is 1. The summed E-state index contributed by atoms with van der Waals surface area (Å²) in [5.74, 6) is -0.457. The molecule has 0 aliphatic rings. The number of rotatable bonds is 6. The van der Waals surface area contributed by atoms with Crippen LogP contribution < -0.4 is 14.8 Å². The van der Waals surface area contributed by atoms with Crippen molar-refractivity contribution in [3.63, 3.8) is 0 Å². The minimum Gasteiger partial charge on any atom is -0.619 e.